The van der Waals surface area contributed by atoms with Gasteiger partial charge in [-0.15, -0.1) is 0 Å². The number of fused-ring (bicyclic) bond motifs is 3. The summed E-state index contributed by atoms with van der Waals surface area (Å²) in [4.78, 5) is 13.3. The Kier molecular flexibility index (Phi) is 2.94. The van der Waals surface area contributed by atoms with Crippen LogP contribution in [0.4, 0.5) is 0 Å². The Morgan fingerprint density at radius 3 is 2.84 bits per heavy atom. The quantitative estimate of drug-likeness (QED) is 0.770. The first-order valence-corrected chi connectivity index (χ1v) is 6.83. The molecule has 0 saturated heterocycles. The van der Waals surface area contributed by atoms with Gasteiger partial charge in [-0.2, -0.15) is 0 Å². The van der Waals surface area contributed by atoms with Crippen molar-refractivity contribution in [3.8, 4) is 0 Å². The molecule has 2 aromatic rings. The van der Waals surface area contributed by atoms with Gasteiger partial charge in [0.1, 0.15) is 6.29 Å². The molecule has 3 nitrogen and oxygen atoms in total. The molecule has 2 heterocycles. The number of aryl methyl sites for hydroxylation is 2. The van der Waals surface area contributed by atoms with Gasteiger partial charge in [-0.05, 0) is 31.2 Å². The van der Waals surface area contributed by atoms with Crippen LogP contribution in [0.5, 0.6) is 0 Å². The minimum absolute atomic E-state index is 0.505. The molecule has 0 saturated carbocycles. The summed E-state index contributed by atoms with van der Waals surface area (Å²) in [6, 6.07) is 4.41. The molecule has 0 amide bonds. The van der Waals surface area contributed by atoms with E-state index >= 15 is 0 Å². The van der Waals surface area contributed by atoms with Crippen LogP contribution in [0.2, 0.25) is 0 Å². The maximum absolute atomic E-state index is 10.9. The van der Waals surface area contributed by atoms with E-state index in [0.29, 0.717) is 6.42 Å². The number of aldehydes is 1. The van der Waals surface area contributed by atoms with Crippen LogP contribution in [0.25, 0.3) is 10.9 Å². The van der Waals surface area contributed by atoms with Crippen molar-refractivity contribution in [2.45, 2.75) is 26.3 Å². The highest BCUT2D eigenvalue weighted by Crippen LogP contribution is 2.32. The van der Waals surface area contributed by atoms with E-state index in [0.717, 1.165) is 31.4 Å². The van der Waals surface area contributed by atoms with Crippen molar-refractivity contribution in [3.63, 3.8) is 0 Å². The number of aromatic nitrogens is 1. The van der Waals surface area contributed by atoms with E-state index in [1.165, 1.54) is 27.7 Å². The summed E-state index contributed by atoms with van der Waals surface area (Å²) >= 11 is 0. The lowest BCUT2D eigenvalue weighted by Gasteiger charge is -2.23. The zero-order valence-corrected chi connectivity index (χ0v) is 11.9. The maximum Gasteiger partial charge on any atom is 0.124 e. The molecular formula is C16H20N2O. The number of hydrogen-bond donors (Lipinski definition) is 0. The van der Waals surface area contributed by atoms with Crippen LogP contribution < -0.4 is 0 Å². The van der Waals surface area contributed by atoms with Gasteiger partial charge in [0.05, 0.1) is 5.52 Å². The van der Waals surface area contributed by atoms with Gasteiger partial charge >= 0.3 is 0 Å². The van der Waals surface area contributed by atoms with Crippen molar-refractivity contribution in [3.05, 3.63) is 34.5 Å². The van der Waals surface area contributed by atoms with Gasteiger partial charge in [-0.3, -0.25) is 0 Å². The third-order valence-corrected chi connectivity index (χ3v) is 4.21. The smallest absolute Gasteiger partial charge is 0.124 e. The highest BCUT2D eigenvalue weighted by Gasteiger charge is 2.22. The molecule has 0 radical (unpaired) electrons. The van der Waals surface area contributed by atoms with E-state index in [9.17, 15) is 4.79 Å². The fraction of sp³-hybridized carbons (Fsp3) is 0.438. The first kappa shape index (κ1) is 12.4. The summed E-state index contributed by atoms with van der Waals surface area (Å²) < 4.78 is 2.30. The van der Waals surface area contributed by atoms with Gasteiger partial charge in [0, 0.05) is 44.1 Å². The van der Waals surface area contributed by atoms with E-state index in [2.05, 4.69) is 42.6 Å². The van der Waals surface area contributed by atoms with Crippen molar-refractivity contribution in [1.29, 1.82) is 0 Å². The van der Waals surface area contributed by atoms with Gasteiger partial charge in [0.2, 0.25) is 0 Å². The van der Waals surface area contributed by atoms with Crippen molar-refractivity contribution in [2.24, 2.45) is 7.05 Å². The molecule has 1 aliphatic heterocycles. The van der Waals surface area contributed by atoms with E-state index < -0.39 is 0 Å². The molecule has 0 unspecified atom stereocenters. The average molecular weight is 256 g/mol. The first-order valence-electron chi connectivity index (χ1n) is 6.83. The Hall–Kier alpha value is -1.61. The summed E-state index contributed by atoms with van der Waals surface area (Å²) in [5, 5.41) is 1.33. The molecule has 0 bridgehead atoms. The number of nitrogens with zero attached hydrogens (tertiary/aromatic N) is 2. The van der Waals surface area contributed by atoms with Crippen LogP contribution >= 0.6 is 0 Å². The second-order valence-electron chi connectivity index (χ2n) is 5.66. The van der Waals surface area contributed by atoms with Crippen LogP contribution in [0.15, 0.2) is 12.1 Å². The topological polar surface area (TPSA) is 25.2 Å². The Morgan fingerprint density at radius 2 is 2.11 bits per heavy atom. The van der Waals surface area contributed by atoms with E-state index in [-0.39, 0.29) is 0 Å². The first-order chi connectivity index (χ1) is 9.11. The van der Waals surface area contributed by atoms with Gasteiger partial charge < -0.3 is 14.3 Å². The van der Waals surface area contributed by atoms with Gasteiger partial charge in [-0.25, -0.2) is 0 Å². The molecule has 100 valence electrons. The molecule has 1 aromatic carbocycles. The van der Waals surface area contributed by atoms with Crippen LogP contribution in [0.1, 0.15) is 22.4 Å². The maximum atomic E-state index is 10.9. The molecule has 3 rings (SSSR count). The van der Waals surface area contributed by atoms with Crippen molar-refractivity contribution in [2.75, 3.05) is 13.6 Å². The minimum atomic E-state index is 0.505. The van der Waals surface area contributed by atoms with Crippen LogP contribution in [-0.2, 0) is 31.2 Å². The molecule has 0 N–H and O–H groups in total. The molecule has 0 atom stereocenters. The van der Waals surface area contributed by atoms with Crippen LogP contribution in [-0.4, -0.2) is 29.3 Å². The second-order valence-corrected chi connectivity index (χ2v) is 5.66. The Bertz CT molecular complexity index is 655. The molecule has 1 aliphatic rings. The number of carbonyl (C=O) groups is 1. The number of rotatable bonds is 2. The molecular weight excluding hydrogens is 236 g/mol. The molecule has 0 fully saturated rings. The predicted molar refractivity (Wildman–Crippen MR) is 77.5 cm³/mol. The minimum Gasteiger partial charge on any atom is -0.347 e. The lowest BCUT2D eigenvalue weighted by Crippen LogP contribution is -2.26. The summed E-state index contributed by atoms with van der Waals surface area (Å²) in [6.07, 6.45) is 2.60. The predicted octanol–water partition coefficient (Wildman–Crippen LogP) is 2.22. The molecule has 1 aromatic heterocycles. The summed E-state index contributed by atoms with van der Waals surface area (Å²) in [5.41, 5.74) is 6.53. The molecule has 0 aliphatic carbocycles. The lowest BCUT2D eigenvalue weighted by molar-refractivity contribution is -0.107. The van der Waals surface area contributed by atoms with E-state index in [4.69, 9.17) is 0 Å². The summed E-state index contributed by atoms with van der Waals surface area (Å²) in [5.74, 6) is 0. The van der Waals surface area contributed by atoms with Gasteiger partial charge in [-0.1, -0.05) is 11.6 Å². The van der Waals surface area contributed by atoms with E-state index in [1.807, 2.05) is 0 Å². The molecule has 3 heteroatoms. The SMILES string of the molecule is Cc1cc(CC=O)c2c(c1)c1c(n2C)CCN(C)C1. The zero-order valence-electron chi connectivity index (χ0n) is 11.9. The third-order valence-electron chi connectivity index (χ3n) is 4.21. The van der Waals surface area contributed by atoms with Crippen molar-refractivity contribution < 1.29 is 4.79 Å². The van der Waals surface area contributed by atoms with Crippen molar-refractivity contribution >= 4 is 17.2 Å². The number of likely N-dealkylation sites (N-methyl/N-ethyl adjacent to an activating group) is 1. The van der Waals surface area contributed by atoms with Crippen LogP contribution in [0.3, 0.4) is 0 Å². The Balaban J connectivity index is 2.33. The van der Waals surface area contributed by atoms with Crippen LogP contribution in [0, 0.1) is 6.92 Å². The number of hydrogen-bond acceptors (Lipinski definition) is 2. The largest absolute Gasteiger partial charge is 0.347 e. The highest BCUT2D eigenvalue weighted by atomic mass is 16.1. The lowest BCUT2D eigenvalue weighted by atomic mass is 10.0. The fourth-order valence-corrected chi connectivity index (χ4v) is 3.36. The highest BCUT2D eigenvalue weighted by molar-refractivity contribution is 5.90. The normalized spacial score (nSPS) is 15.7. The van der Waals surface area contributed by atoms with Gasteiger partial charge in [0.15, 0.2) is 0 Å². The Morgan fingerprint density at radius 1 is 1.32 bits per heavy atom. The standard InChI is InChI=1S/C16H20N2O/c1-11-8-12(5-7-19)16-13(9-11)14-10-17(2)6-4-15(14)18(16)3/h7-9H,4-6,10H2,1-3H3. The third kappa shape index (κ3) is 1.89. The number of carbonyl (C=O) groups excluding carboxylic acids is 1. The molecule has 19 heavy (non-hydrogen) atoms. The second kappa shape index (κ2) is 4.49. The van der Waals surface area contributed by atoms with E-state index in [1.54, 1.807) is 0 Å². The summed E-state index contributed by atoms with van der Waals surface area (Å²) in [6.45, 7) is 4.23. The average Bonchev–Trinajstić information content (AvgIpc) is 2.63. The van der Waals surface area contributed by atoms with Crippen molar-refractivity contribution in [1.82, 2.24) is 9.47 Å². The zero-order chi connectivity index (χ0) is 13.6. The monoisotopic (exact) mass is 256 g/mol. The molecule has 0 spiro atoms. The Labute approximate surface area is 113 Å². The van der Waals surface area contributed by atoms with Gasteiger partial charge in [0.25, 0.3) is 0 Å². The number of benzene rings is 1. The summed E-state index contributed by atoms with van der Waals surface area (Å²) in [7, 11) is 4.31. The fourth-order valence-electron chi connectivity index (χ4n) is 3.36.